The van der Waals surface area contributed by atoms with Gasteiger partial charge in [0.05, 0.1) is 12.8 Å². The Labute approximate surface area is 186 Å². The highest BCUT2D eigenvalue weighted by molar-refractivity contribution is 5.92. The molecule has 0 fully saturated rings. The molecule has 0 saturated heterocycles. The first-order valence-corrected chi connectivity index (χ1v) is 10.4. The Hall–Kier alpha value is -4.06. The SMILES string of the molecule is CCOc1cc(/C=N\NC(=O)c2ccc(C)o2)ccc1OCc1cccc2ccccc12. The Bertz CT molecular complexity index is 1250. The highest BCUT2D eigenvalue weighted by atomic mass is 16.5. The van der Waals surface area contributed by atoms with E-state index in [0.29, 0.717) is 30.5 Å². The predicted molar refractivity (Wildman–Crippen MR) is 124 cm³/mol. The molecule has 4 aromatic rings. The maximum absolute atomic E-state index is 12.0. The minimum Gasteiger partial charge on any atom is -0.490 e. The van der Waals surface area contributed by atoms with Gasteiger partial charge in [-0.1, -0.05) is 42.5 Å². The second-order valence-corrected chi connectivity index (χ2v) is 7.18. The average Bonchev–Trinajstić information content (AvgIpc) is 3.25. The third-order valence-corrected chi connectivity index (χ3v) is 4.87. The molecular weight excluding hydrogens is 404 g/mol. The second-order valence-electron chi connectivity index (χ2n) is 7.18. The molecule has 1 amide bonds. The van der Waals surface area contributed by atoms with Gasteiger partial charge in [-0.25, -0.2) is 5.43 Å². The summed E-state index contributed by atoms with van der Waals surface area (Å²) >= 11 is 0. The van der Waals surface area contributed by atoms with Crippen molar-refractivity contribution in [3.63, 3.8) is 0 Å². The first-order chi connectivity index (χ1) is 15.6. The Morgan fingerprint density at radius 1 is 1.00 bits per heavy atom. The molecule has 4 rings (SSSR count). The molecule has 1 aromatic heterocycles. The van der Waals surface area contributed by atoms with Crippen molar-refractivity contribution in [1.29, 1.82) is 0 Å². The second kappa shape index (κ2) is 9.83. The standard InChI is InChI=1S/C26H24N2O4/c1-3-30-25-15-19(16-27-28-26(29)24-13-11-18(2)32-24)12-14-23(25)31-17-21-9-6-8-20-7-4-5-10-22(20)21/h4-16H,3,17H2,1-2H3,(H,28,29)/b27-16-. The number of ether oxygens (including phenoxy) is 2. The van der Waals surface area contributed by atoms with Gasteiger partial charge in [0, 0.05) is 0 Å². The van der Waals surface area contributed by atoms with E-state index < -0.39 is 5.91 Å². The number of rotatable bonds is 8. The van der Waals surface area contributed by atoms with Crippen LogP contribution in [0.1, 0.15) is 34.4 Å². The number of amides is 1. The van der Waals surface area contributed by atoms with Crippen molar-refractivity contribution in [2.24, 2.45) is 5.10 Å². The number of benzene rings is 3. The van der Waals surface area contributed by atoms with E-state index in [-0.39, 0.29) is 5.76 Å². The maximum Gasteiger partial charge on any atom is 0.307 e. The minimum atomic E-state index is -0.408. The molecule has 0 radical (unpaired) electrons. The molecule has 0 aliphatic heterocycles. The number of carbonyl (C=O) groups excluding carboxylic acids is 1. The van der Waals surface area contributed by atoms with E-state index in [1.807, 2.05) is 43.3 Å². The smallest absolute Gasteiger partial charge is 0.307 e. The van der Waals surface area contributed by atoms with Crippen LogP contribution in [0.2, 0.25) is 0 Å². The van der Waals surface area contributed by atoms with Crippen LogP contribution in [0.4, 0.5) is 0 Å². The summed E-state index contributed by atoms with van der Waals surface area (Å²) in [6.07, 6.45) is 1.55. The lowest BCUT2D eigenvalue weighted by atomic mass is 10.1. The van der Waals surface area contributed by atoms with Crippen molar-refractivity contribution in [2.75, 3.05) is 6.61 Å². The predicted octanol–water partition coefficient (Wildman–Crippen LogP) is 5.48. The number of aryl methyl sites for hydroxylation is 1. The third-order valence-electron chi connectivity index (χ3n) is 4.87. The normalized spacial score (nSPS) is 11.1. The molecule has 0 atom stereocenters. The van der Waals surface area contributed by atoms with Crippen molar-refractivity contribution in [3.05, 3.63) is 95.4 Å². The molecule has 1 N–H and O–H groups in total. The molecule has 32 heavy (non-hydrogen) atoms. The zero-order valence-electron chi connectivity index (χ0n) is 18.0. The van der Waals surface area contributed by atoms with Gasteiger partial charge in [0.2, 0.25) is 0 Å². The number of fused-ring (bicyclic) bond motifs is 1. The van der Waals surface area contributed by atoms with Crippen LogP contribution in [0.3, 0.4) is 0 Å². The molecule has 0 unspecified atom stereocenters. The summed E-state index contributed by atoms with van der Waals surface area (Å²) in [5.41, 5.74) is 4.32. The Morgan fingerprint density at radius 3 is 2.66 bits per heavy atom. The molecule has 1 heterocycles. The molecule has 0 saturated carbocycles. The summed E-state index contributed by atoms with van der Waals surface area (Å²) in [6.45, 7) is 4.62. The van der Waals surface area contributed by atoms with E-state index >= 15 is 0 Å². The van der Waals surface area contributed by atoms with E-state index in [4.69, 9.17) is 13.9 Å². The molecular formula is C26H24N2O4. The van der Waals surface area contributed by atoms with Crippen molar-refractivity contribution in [3.8, 4) is 11.5 Å². The lowest BCUT2D eigenvalue weighted by molar-refractivity contribution is 0.0926. The fourth-order valence-electron chi connectivity index (χ4n) is 3.34. The highest BCUT2D eigenvalue weighted by Crippen LogP contribution is 2.30. The summed E-state index contributed by atoms with van der Waals surface area (Å²) in [4.78, 5) is 12.0. The maximum atomic E-state index is 12.0. The lowest BCUT2D eigenvalue weighted by Gasteiger charge is -2.13. The van der Waals surface area contributed by atoms with Crippen LogP contribution in [0.25, 0.3) is 10.8 Å². The molecule has 0 spiro atoms. The van der Waals surface area contributed by atoms with Crippen molar-refractivity contribution in [1.82, 2.24) is 5.43 Å². The average molecular weight is 428 g/mol. The molecule has 162 valence electrons. The van der Waals surface area contributed by atoms with Crippen LogP contribution in [0.5, 0.6) is 11.5 Å². The largest absolute Gasteiger partial charge is 0.490 e. The van der Waals surface area contributed by atoms with Crippen LogP contribution in [0.15, 0.2) is 82.3 Å². The minimum absolute atomic E-state index is 0.215. The quantitative estimate of drug-likeness (QED) is 0.298. The van der Waals surface area contributed by atoms with Crippen LogP contribution < -0.4 is 14.9 Å². The molecule has 3 aromatic carbocycles. The first kappa shape index (κ1) is 21.2. The first-order valence-electron chi connectivity index (χ1n) is 10.4. The molecule has 6 heteroatoms. The summed E-state index contributed by atoms with van der Waals surface area (Å²) in [5.74, 6) is 1.73. The third kappa shape index (κ3) is 4.98. The van der Waals surface area contributed by atoms with Gasteiger partial charge in [-0.05, 0) is 66.1 Å². The summed E-state index contributed by atoms with van der Waals surface area (Å²) in [6, 6.07) is 23.3. The van der Waals surface area contributed by atoms with Gasteiger partial charge in [0.15, 0.2) is 17.3 Å². The number of furan rings is 1. The zero-order chi connectivity index (χ0) is 22.3. The van der Waals surface area contributed by atoms with Crippen molar-refractivity contribution >= 4 is 22.9 Å². The monoisotopic (exact) mass is 428 g/mol. The van der Waals surface area contributed by atoms with Crippen molar-refractivity contribution < 1.29 is 18.7 Å². The van der Waals surface area contributed by atoms with E-state index in [1.54, 1.807) is 25.3 Å². The highest BCUT2D eigenvalue weighted by Gasteiger charge is 2.10. The van der Waals surface area contributed by atoms with Gasteiger partial charge in [-0.2, -0.15) is 5.10 Å². The number of hydrazone groups is 1. The van der Waals surface area contributed by atoms with Gasteiger partial charge < -0.3 is 13.9 Å². The van der Waals surface area contributed by atoms with E-state index in [1.165, 1.54) is 10.8 Å². The van der Waals surface area contributed by atoms with Crippen LogP contribution in [0, 0.1) is 6.92 Å². The summed E-state index contributed by atoms with van der Waals surface area (Å²) in [5, 5.41) is 6.35. The number of nitrogens with one attached hydrogen (secondary N) is 1. The van der Waals surface area contributed by atoms with Crippen LogP contribution in [-0.2, 0) is 6.61 Å². The molecule has 0 bridgehead atoms. The van der Waals surface area contributed by atoms with Gasteiger partial charge in [0.25, 0.3) is 0 Å². The number of nitrogens with zero attached hydrogens (tertiary/aromatic N) is 1. The molecule has 0 aliphatic carbocycles. The van der Waals surface area contributed by atoms with Gasteiger partial charge in [-0.3, -0.25) is 4.79 Å². The fraction of sp³-hybridized carbons (Fsp3) is 0.154. The van der Waals surface area contributed by atoms with Crippen molar-refractivity contribution in [2.45, 2.75) is 20.5 Å². The van der Waals surface area contributed by atoms with Gasteiger partial charge >= 0.3 is 5.91 Å². The van der Waals surface area contributed by atoms with Crippen LogP contribution >= 0.6 is 0 Å². The Morgan fingerprint density at radius 2 is 1.84 bits per heavy atom. The van der Waals surface area contributed by atoms with Gasteiger partial charge in [-0.15, -0.1) is 0 Å². The Balaban J connectivity index is 1.46. The topological polar surface area (TPSA) is 73.1 Å². The van der Waals surface area contributed by atoms with E-state index in [9.17, 15) is 4.79 Å². The van der Waals surface area contributed by atoms with Crippen LogP contribution in [-0.4, -0.2) is 18.7 Å². The number of carbonyl (C=O) groups is 1. The molecule has 0 aliphatic rings. The zero-order valence-corrected chi connectivity index (χ0v) is 18.0. The summed E-state index contributed by atoms with van der Waals surface area (Å²) in [7, 11) is 0. The lowest BCUT2D eigenvalue weighted by Crippen LogP contribution is -2.16. The van der Waals surface area contributed by atoms with E-state index in [2.05, 4.69) is 34.8 Å². The Kier molecular flexibility index (Phi) is 6.51. The number of hydrogen-bond donors (Lipinski definition) is 1. The van der Waals surface area contributed by atoms with E-state index in [0.717, 1.165) is 11.1 Å². The fourth-order valence-corrected chi connectivity index (χ4v) is 3.34. The van der Waals surface area contributed by atoms with Gasteiger partial charge in [0.1, 0.15) is 12.4 Å². The summed E-state index contributed by atoms with van der Waals surface area (Å²) < 4.78 is 17.1. The molecule has 6 nitrogen and oxygen atoms in total. The number of hydrogen-bond acceptors (Lipinski definition) is 5.